The Morgan fingerprint density at radius 2 is 1.31 bits per heavy atom. The van der Waals surface area contributed by atoms with Crippen LogP contribution in [-0.4, -0.2) is 59.6 Å². The van der Waals surface area contributed by atoms with Crippen LogP contribution in [0.3, 0.4) is 0 Å². The van der Waals surface area contributed by atoms with Crippen LogP contribution < -0.4 is 0 Å². The van der Waals surface area contributed by atoms with Crippen LogP contribution in [0.25, 0.3) is 0 Å². The molecule has 0 radical (unpaired) electrons. The fourth-order valence-corrected chi connectivity index (χ4v) is 1.91. The average Bonchev–Trinajstić information content (AvgIpc) is 2.61. The molecule has 0 saturated carbocycles. The second-order valence-corrected chi connectivity index (χ2v) is 6.09. The lowest BCUT2D eigenvalue weighted by Gasteiger charge is -2.28. The molecule has 2 atom stereocenters. The number of carbonyl (C=O) groups is 3. The summed E-state index contributed by atoms with van der Waals surface area (Å²) in [5.41, 5.74) is -2.75. The maximum Gasteiger partial charge on any atom is 0.342 e. The zero-order valence-electron chi connectivity index (χ0n) is 16.0. The standard InChI is InChI=1S/C18H32O8/c1-4-7-10-24-14(19)13-18(23,17(22)26-12-9-6-3)15(20)16(21)25-11-8-5-2/h15,20,23H,4-13H2,1-3H3. The molecule has 0 spiro atoms. The molecular weight excluding hydrogens is 344 g/mol. The molecule has 0 aromatic rings. The van der Waals surface area contributed by atoms with Gasteiger partial charge in [-0.1, -0.05) is 40.0 Å². The Hall–Kier alpha value is -1.67. The first-order valence-electron chi connectivity index (χ1n) is 9.23. The summed E-state index contributed by atoms with van der Waals surface area (Å²) >= 11 is 0. The number of hydrogen-bond donors (Lipinski definition) is 2. The first kappa shape index (κ1) is 24.3. The maximum absolute atomic E-state index is 12.2. The number of unbranched alkanes of at least 4 members (excludes halogenated alkanes) is 3. The van der Waals surface area contributed by atoms with Crippen LogP contribution in [0.4, 0.5) is 0 Å². The quantitative estimate of drug-likeness (QED) is 0.266. The van der Waals surface area contributed by atoms with E-state index in [1.165, 1.54) is 0 Å². The third-order valence-electron chi connectivity index (χ3n) is 3.68. The molecule has 8 heteroatoms. The van der Waals surface area contributed by atoms with Crippen molar-refractivity contribution < 1.29 is 38.8 Å². The summed E-state index contributed by atoms with van der Waals surface area (Å²) in [6, 6.07) is 0. The van der Waals surface area contributed by atoms with Crippen LogP contribution in [0.15, 0.2) is 0 Å². The third-order valence-corrected chi connectivity index (χ3v) is 3.68. The van der Waals surface area contributed by atoms with Gasteiger partial charge in [-0.3, -0.25) is 4.79 Å². The molecule has 0 fully saturated rings. The molecule has 2 N–H and O–H groups in total. The highest BCUT2D eigenvalue weighted by Crippen LogP contribution is 2.21. The minimum atomic E-state index is -2.75. The molecule has 8 nitrogen and oxygen atoms in total. The van der Waals surface area contributed by atoms with Gasteiger partial charge in [0.25, 0.3) is 0 Å². The van der Waals surface area contributed by atoms with Crippen LogP contribution >= 0.6 is 0 Å². The Kier molecular flexibility index (Phi) is 12.7. The van der Waals surface area contributed by atoms with E-state index in [4.69, 9.17) is 14.2 Å². The van der Waals surface area contributed by atoms with E-state index in [2.05, 4.69) is 0 Å². The predicted octanol–water partition coefficient (Wildman–Crippen LogP) is 1.50. The first-order valence-corrected chi connectivity index (χ1v) is 9.23. The molecule has 0 amide bonds. The lowest BCUT2D eigenvalue weighted by molar-refractivity contribution is -0.195. The van der Waals surface area contributed by atoms with E-state index >= 15 is 0 Å². The number of rotatable bonds is 14. The normalized spacial score (nSPS) is 14.2. The summed E-state index contributed by atoms with van der Waals surface area (Å²) in [4.78, 5) is 36.1. The van der Waals surface area contributed by atoms with Gasteiger partial charge in [-0.2, -0.15) is 0 Å². The summed E-state index contributed by atoms with van der Waals surface area (Å²) in [5.74, 6) is -3.35. The van der Waals surface area contributed by atoms with E-state index in [1.54, 1.807) is 0 Å². The van der Waals surface area contributed by atoms with E-state index in [0.717, 1.165) is 19.3 Å². The molecule has 0 aromatic heterocycles. The van der Waals surface area contributed by atoms with Gasteiger partial charge < -0.3 is 24.4 Å². The van der Waals surface area contributed by atoms with Crippen LogP contribution in [0.5, 0.6) is 0 Å². The molecule has 0 aliphatic rings. The predicted molar refractivity (Wildman–Crippen MR) is 93.2 cm³/mol. The molecule has 0 saturated heterocycles. The zero-order valence-corrected chi connectivity index (χ0v) is 16.0. The fraction of sp³-hybridized carbons (Fsp3) is 0.833. The minimum absolute atomic E-state index is 0.000127. The van der Waals surface area contributed by atoms with Gasteiger partial charge in [0.2, 0.25) is 5.60 Å². The third kappa shape index (κ3) is 8.62. The molecule has 0 heterocycles. The zero-order chi connectivity index (χ0) is 20.0. The molecule has 152 valence electrons. The van der Waals surface area contributed by atoms with Gasteiger partial charge in [0.05, 0.1) is 26.2 Å². The smallest absolute Gasteiger partial charge is 0.342 e. The van der Waals surface area contributed by atoms with Crippen LogP contribution in [0, 0.1) is 0 Å². The van der Waals surface area contributed by atoms with E-state index in [1.807, 2.05) is 20.8 Å². The molecule has 2 unspecified atom stereocenters. The van der Waals surface area contributed by atoms with Gasteiger partial charge in [0.1, 0.15) is 0 Å². The van der Waals surface area contributed by atoms with Gasteiger partial charge in [-0.05, 0) is 19.3 Å². The Balaban J connectivity index is 5.08. The number of aliphatic hydroxyl groups is 2. The highest BCUT2D eigenvalue weighted by atomic mass is 16.6. The second-order valence-electron chi connectivity index (χ2n) is 6.09. The highest BCUT2D eigenvalue weighted by molar-refractivity contribution is 5.92. The molecule has 0 aliphatic heterocycles. The summed E-state index contributed by atoms with van der Waals surface area (Å²) in [5, 5.41) is 20.7. The topological polar surface area (TPSA) is 119 Å². The summed E-state index contributed by atoms with van der Waals surface area (Å²) < 4.78 is 14.7. The number of ether oxygens (including phenoxy) is 3. The van der Waals surface area contributed by atoms with Crippen molar-refractivity contribution in [1.82, 2.24) is 0 Å². The fourth-order valence-electron chi connectivity index (χ4n) is 1.91. The summed E-state index contributed by atoms with van der Waals surface area (Å²) in [6.45, 7) is 5.83. The number of carbonyl (C=O) groups excluding carboxylic acids is 3. The minimum Gasteiger partial charge on any atom is -0.466 e. The second kappa shape index (κ2) is 13.5. The molecular formula is C18H32O8. The molecule has 0 aromatic carbocycles. The van der Waals surface area contributed by atoms with Crippen molar-refractivity contribution in [2.24, 2.45) is 0 Å². The summed E-state index contributed by atoms with van der Waals surface area (Å²) in [6.07, 6.45) is 0.883. The van der Waals surface area contributed by atoms with Crippen molar-refractivity contribution in [3.8, 4) is 0 Å². The van der Waals surface area contributed by atoms with Gasteiger partial charge in [-0.15, -0.1) is 0 Å². The summed E-state index contributed by atoms with van der Waals surface area (Å²) in [7, 11) is 0. The van der Waals surface area contributed by atoms with E-state index in [9.17, 15) is 24.6 Å². The van der Waals surface area contributed by atoms with Crippen molar-refractivity contribution in [2.75, 3.05) is 19.8 Å². The van der Waals surface area contributed by atoms with Crippen LogP contribution in [0.2, 0.25) is 0 Å². The average molecular weight is 376 g/mol. The largest absolute Gasteiger partial charge is 0.466 e. The Morgan fingerprint density at radius 1 is 0.846 bits per heavy atom. The maximum atomic E-state index is 12.2. The van der Waals surface area contributed by atoms with Crippen molar-refractivity contribution >= 4 is 17.9 Å². The Labute approximate surface area is 154 Å². The molecule has 0 rings (SSSR count). The van der Waals surface area contributed by atoms with Crippen LogP contribution in [0.1, 0.15) is 65.7 Å². The van der Waals surface area contributed by atoms with Gasteiger partial charge >= 0.3 is 17.9 Å². The van der Waals surface area contributed by atoms with Crippen molar-refractivity contribution in [2.45, 2.75) is 77.4 Å². The van der Waals surface area contributed by atoms with Gasteiger partial charge in [-0.25, -0.2) is 9.59 Å². The van der Waals surface area contributed by atoms with Crippen LogP contribution in [-0.2, 0) is 28.6 Å². The molecule has 0 aliphatic carbocycles. The highest BCUT2D eigenvalue weighted by Gasteiger charge is 2.51. The first-order chi connectivity index (χ1) is 12.3. The van der Waals surface area contributed by atoms with E-state index in [0.29, 0.717) is 19.3 Å². The Morgan fingerprint density at radius 3 is 1.81 bits per heavy atom. The van der Waals surface area contributed by atoms with E-state index < -0.39 is 36.0 Å². The lowest BCUT2D eigenvalue weighted by Crippen LogP contribution is -2.56. The monoisotopic (exact) mass is 376 g/mol. The Bertz CT molecular complexity index is 437. The molecule has 0 bridgehead atoms. The van der Waals surface area contributed by atoms with Gasteiger partial charge in [0, 0.05) is 0 Å². The van der Waals surface area contributed by atoms with Crippen molar-refractivity contribution in [3.05, 3.63) is 0 Å². The van der Waals surface area contributed by atoms with E-state index in [-0.39, 0.29) is 19.8 Å². The molecule has 26 heavy (non-hydrogen) atoms. The number of aliphatic hydroxyl groups excluding tert-OH is 1. The SMILES string of the molecule is CCCCOC(=O)CC(O)(C(=O)OCCCC)C(O)C(=O)OCCCC. The van der Waals surface area contributed by atoms with Gasteiger partial charge in [0.15, 0.2) is 6.10 Å². The van der Waals surface area contributed by atoms with Crippen molar-refractivity contribution in [3.63, 3.8) is 0 Å². The lowest BCUT2D eigenvalue weighted by atomic mass is 9.92. The van der Waals surface area contributed by atoms with Crippen molar-refractivity contribution in [1.29, 1.82) is 0 Å². The number of hydrogen-bond acceptors (Lipinski definition) is 8. The number of esters is 3.